The van der Waals surface area contributed by atoms with Crippen LogP contribution in [0.2, 0.25) is 0 Å². The molecule has 0 bridgehead atoms. The molecule has 3 rings (SSSR count). The third-order valence-electron chi connectivity index (χ3n) is 4.80. The number of thioether (sulfide) groups is 1. The number of amides is 2. The number of nitrogens with zero attached hydrogens (tertiary/aromatic N) is 3. The summed E-state index contributed by atoms with van der Waals surface area (Å²) in [5, 5.41) is 14.5. The van der Waals surface area contributed by atoms with Gasteiger partial charge in [0.25, 0.3) is 5.91 Å². The van der Waals surface area contributed by atoms with E-state index in [0.29, 0.717) is 22.2 Å². The first-order valence-corrected chi connectivity index (χ1v) is 10.7. The average Bonchev–Trinajstić information content (AvgIpc) is 3.10. The van der Waals surface area contributed by atoms with Crippen molar-refractivity contribution in [3.63, 3.8) is 0 Å². The molecule has 2 N–H and O–H groups in total. The van der Waals surface area contributed by atoms with E-state index in [1.807, 2.05) is 32.0 Å². The molecule has 162 valence electrons. The van der Waals surface area contributed by atoms with Gasteiger partial charge < -0.3 is 15.2 Å². The van der Waals surface area contributed by atoms with Crippen molar-refractivity contribution in [1.82, 2.24) is 20.1 Å². The Bertz CT molecular complexity index is 1120. The van der Waals surface area contributed by atoms with E-state index in [4.69, 9.17) is 0 Å². The Morgan fingerprint density at radius 1 is 1.13 bits per heavy atom. The maximum Gasteiger partial charge on any atom is 0.252 e. The molecule has 9 heteroatoms. The molecule has 0 radical (unpaired) electrons. The normalized spacial score (nSPS) is 11.8. The zero-order valence-corrected chi connectivity index (χ0v) is 18.6. The molecule has 3 aromatic rings. The van der Waals surface area contributed by atoms with E-state index < -0.39 is 5.82 Å². The van der Waals surface area contributed by atoms with Gasteiger partial charge in [-0.25, -0.2) is 4.39 Å². The number of carbonyl (C=O) groups excluding carboxylic acids is 2. The Labute approximate surface area is 184 Å². The lowest BCUT2D eigenvalue weighted by molar-refractivity contribution is -0.113. The lowest BCUT2D eigenvalue weighted by Crippen LogP contribution is -2.29. The second-order valence-electron chi connectivity index (χ2n) is 7.21. The quantitative estimate of drug-likeness (QED) is 0.545. The highest BCUT2D eigenvalue weighted by molar-refractivity contribution is 7.99. The van der Waals surface area contributed by atoms with Crippen molar-refractivity contribution in [3.05, 3.63) is 70.8 Å². The largest absolute Gasteiger partial charge is 0.342 e. The number of aromatic nitrogens is 3. The molecule has 7 nitrogen and oxygen atoms in total. The van der Waals surface area contributed by atoms with Crippen LogP contribution in [-0.2, 0) is 11.8 Å². The molecule has 0 saturated carbocycles. The molecular formula is C22H24FN5O2S. The molecule has 2 amide bonds. The van der Waals surface area contributed by atoms with Crippen molar-refractivity contribution in [3.8, 4) is 0 Å². The van der Waals surface area contributed by atoms with Crippen LogP contribution in [0.3, 0.4) is 0 Å². The van der Waals surface area contributed by atoms with Gasteiger partial charge >= 0.3 is 0 Å². The van der Waals surface area contributed by atoms with Crippen molar-refractivity contribution in [1.29, 1.82) is 0 Å². The highest BCUT2D eigenvalue weighted by Crippen LogP contribution is 2.21. The number of nitrogens with one attached hydrogen (secondary N) is 2. The minimum Gasteiger partial charge on any atom is -0.342 e. The van der Waals surface area contributed by atoms with Gasteiger partial charge in [-0.2, -0.15) is 0 Å². The molecule has 0 spiro atoms. The van der Waals surface area contributed by atoms with Crippen LogP contribution in [0, 0.1) is 19.7 Å². The first kappa shape index (κ1) is 22.5. The third-order valence-corrected chi connectivity index (χ3v) is 5.82. The zero-order chi connectivity index (χ0) is 22.5. The fraction of sp³-hybridized carbons (Fsp3) is 0.273. The Kier molecular flexibility index (Phi) is 7.06. The summed E-state index contributed by atoms with van der Waals surface area (Å²) < 4.78 is 15.1. The Balaban J connectivity index is 1.60. The molecule has 1 atom stereocenters. The number of aryl methyl sites for hydroxylation is 2. The van der Waals surface area contributed by atoms with E-state index in [0.717, 1.165) is 11.1 Å². The van der Waals surface area contributed by atoms with Crippen LogP contribution in [0.25, 0.3) is 0 Å². The van der Waals surface area contributed by atoms with E-state index in [2.05, 4.69) is 20.8 Å². The van der Waals surface area contributed by atoms with Crippen molar-refractivity contribution >= 4 is 29.3 Å². The molecule has 0 aliphatic heterocycles. The average molecular weight is 442 g/mol. The molecule has 0 aliphatic carbocycles. The van der Waals surface area contributed by atoms with Gasteiger partial charge in [-0.3, -0.25) is 9.59 Å². The van der Waals surface area contributed by atoms with Crippen LogP contribution in [0.1, 0.15) is 40.3 Å². The lowest BCUT2D eigenvalue weighted by Gasteiger charge is -2.14. The monoisotopic (exact) mass is 441 g/mol. The summed E-state index contributed by atoms with van der Waals surface area (Å²) in [6, 6.07) is 11.2. The Morgan fingerprint density at radius 3 is 2.61 bits per heavy atom. The van der Waals surface area contributed by atoms with Crippen molar-refractivity contribution < 1.29 is 14.0 Å². The standard InChI is InChI=1S/C22H24FN5O2S/c1-13-7-5-6-8-17(13)21(30)24-15(3)20-26-27-22(28(20)4)31-12-19(29)25-18-11-16(23)10-9-14(18)2/h5-11,15H,12H2,1-4H3,(H,24,30)(H,25,29)/t15-/m0/s1. The van der Waals surface area contributed by atoms with Gasteiger partial charge in [0, 0.05) is 18.3 Å². The fourth-order valence-electron chi connectivity index (χ4n) is 3.04. The maximum absolute atomic E-state index is 13.4. The van der Waals surface area contributed by atoms with E-state index in [9.17, 15) is 14.0 Å². The number of benzene rings is 2. The third kappa shape index (κ3) is 5.49. The van der Waals surface area contributed by atoms with Gasteiger partial charge in [0.05, 0.1) is 11.8 Å². The van der Waals surface area contributed by atoms with Crippen molar-refractivity contribution in [2.75, 3.05) is 11.1 Å². The summed E-state index contributed by atoms with van der Waals surface area (Å²) in [5.74, 6) is -0.206. The summed E-state index contributed by atoms with van der Waals surface area (Å²) >= 11 is 1.21. The zero-order valence-electron chi connectivity index (χ0n) is 17.8. The highest BCUT2D eigenvalue weighted by atomic mass is 32.2. The maximum atomic E-state index is 13.4. The lowest BCUT2D eigenvalue weighted by atomic mass is 10.1. The van der Waals surface area contributed by atoms with Crippen LogP contribution in [-0.4, -0.2) is 32.3 Å². The predicted molar refractivity (Wildman–Crippen MR) is 119 cm³/mol. The minimum atomic E-state index is -0.409. The van der Waals surface area contributed by atoms with Crippen LogP contribution >= 0.6 is 11.8 Å². The predicted octanol–water partition coefficient (Wildman–Crippen LogP) is 3.79. The van der Waals surface area contributed by atoms with E-state index >= 15 is 0 Å². The minimum absolute atomic E-state index is 0.0892. The second-order valence-corrected chi connectivity index (χ2v) is 8.15. The van der Waals surface area contributed by atoms with Crippen LogP contribution in [0.5, 0.6) is 0 Å². The Morgan fingerprint density at radius 2 is 1.87 bits per heavy atom. The van der Waals surface area contributed by atoms with E-state index in [1.165, 1.54) is 23.9 Å². The van der Waals surface area contributed by atoms with Crippen molar-refractivity contribution in [2.45, 2.75) is 32.0 Å². The summed E-state index contributed by atoms with van der Waals surface area (Å²) in [4.78, 5) is 24.8. The molecule has 0 saturated heterocycles. The van der Waals surface area contributed by atoms with Gasteiger partial charge in [0.15, 0.2) is 11.0 Å². The molecular weight excluding hydrogens is 417 g/mol. The molecule has 0 unspecified atom stereocenters. The van der Waals surface area contributed by atoms with Crippen molar-refractivity contribution in [2.24, 2.45) is 7.05 Å². The van der Waals surface area contributed by atoms with Gasteiger partial charge in [-0.05, 0) is 50.1 Å². The number of anilines is 1. The van der Waals surface area contributed by atoms with Crippen LogP contribution < -0.4 is 10.6 Å². The fourth-order valence-corrected chi connectivity index (χ4v) is 3.76. The van der Waals surface area contributed by atoms with Gasteiger partial charge in [0.1, 0.15) is 5.82 Å². The van der Waals surface area contributed by atoms with Gasteiger partial charge in [-0.15, -0.1) is 10.2 Å². The SMILES string of the molecule is Cc1ccc(F)cc1NC(=O)CSc1nnc([C@H](C)NC(=O)c2ccccc2C)n1C. The van der Waals surface area contributed by atoms with E-state index in [1.54, 1.807) is 30.7 Å². The topological polar surface area (TPSA) is 88.9 Å². The summed E-state index contributed by atoms with van der Waals surface area (Å²) in [6.45, 7) is 5.50. The molecule has 0 aliphatic rings. The number of hydrogen-bond acceptors (Lipinski definition) is 5. The first-order valence-electron chi connectivity index (χ1n) is 9.71. The van der Waals surface area contributed by atoms with Gasteiger partial charge in [-0.1, -0.05) is 36.0 Å². The summed E-state index contributed by atoms with van der Waals surface area (Å²) in [6.07, 6.45) is 0. The number of hydrogen-bond donors (Lipinski definition) is 2. The number of halogens is 1. The highest BCUT2D eigenvalue weighted by Gasteiger charge is 2.19. The number of carbonyl (C=O) groups is 2. The molecule has 1 aromatic heterocycles. The molecule has 2 aromatic carbocycles. The van der Waals surface area contributed by atoms with Gasteiger partial charge in [0.2, 0.25) is 5.91 Å². The summed E-state index contributed by atoms with van der Waals surface area (Å²) in [7, 11) is 1.78. The van der Waals surface area contributed by atoms with Crippen LogP contribution in [0.15, 0.2) is 47.6 Å². The van der Waals surface area contributed by atoms with Crippen LogP contribution in [0.4, 0.5) is 10.1 Å². The molecule has 0 fully saturated rings. The first-order chi connectivity index (χ1) is 14.8. The number of rotatable bonds is 7. The Hall–Kier alpha value is -3.20. The molecule has 1 heterocycles. The molecule has 31 heavy (non-hydrogen) atoms. The van der Waals surface area contributed by atoms with E-state index in [-0.39, 0.29) is 23.6 Å². The summed E-state index contributed by atoms with van der Waals surface area (Å²) in [5.41, 5.74) is 2.71. The smallest absolute Gasteiger partial charge is 0.252 e. The second kappa shape index (κ2) is 9.74.